The molecule has 3 nitrogen and oxygen atoms in total. The highest BCUT2D eigenvalue weighted by Crippen LogP contribution is 2.12. The standard InChI is InChI=1S/C13H20O3S/c1-12-5-4-6-13(11-12)16-8-2-3-9-17(15)10-7-14/h4-6,11,14H,2-3,7-10H2,1H3. The Morgan fingerprint density at radius 1 is 1.29 bits per heavy atom. The number of aryl methyl sites for hydroxylation is 1. The van der Waals surface area contributed by atoms with E-state index >= 15 is 0 Å². The first-order valence-electron chi connectivity index (χ1n) is 5.87. The molecule has 1 unspecified atom stereocenters. The molecule has 0 aliphatic heterocycles. The van der Waals surface area contributed by atoms with Crippen LogP contribution in [0.5, 0.6) is 5.75 Å². The van der Waals surface area contributed by atoms with Crippen molar-refractivity contribution in [3.63, 3.8) is 0 Å². The Morgan fingerprint density at radius 3 is 2.82 bits per heavy atom. The van der Waals surface area contributed by atoms with Gasteiger partial charge in [-0.2, -0.15) is 0 Å². The van der Waals surface area contributed by atoms with Crippen LogP contribution in [-0.2, 0) is 10.8 Å². The number of aliphatic hydroxyl groups excluding tert-OH is 1. The number of hydrogen-bond acceptors (Lipinski definition) is 3. The van der Waals surface area contributed by atoms with Gasteiger partial charge in [-0.05, 0) is 37.5 Å². The molecule has 1 aromatic carbocycles. The van der Waals surface area contributed by atoms with E-state index in [1.54, 1.807) is 0 Å². The molecule has 1 aromatic rings. The van der Waals surface area contributed by atoms with Crippen LogP contribution in [0.15, 0.2) is 24.3 Å². The van der Waals surface area contributed by atoms with Gasteiger partial charge >= 0.3 is 0 Å². The lowest BCUT2D eigenvalue weighted by Crippen LogP contribution is -2.07. The van der Waals surface area contributed by atoms with E-state index in [1.165, 1.54) is 5.56 Å². The fraction of sp³-hybridized carbons (Fsp3) is 0.538. The molecule has 96 valence electrons. The number of hydrogen-bond donors (Lipinski definition) is 1. The van der Waals surface area contributed by atoms with Crippen LogP contribution >= 0.6 is 0 Å². The summed E-state index contributed by atoms with van der Waals surface area (Å²) in [5.41, 5.74) is 1.19. The van der Waals surface area contributed by atoms with Crippen molar-refractivity contribution in [2.45, 2.75) is 19.8 Å². The molecule has 0 aliphatic rings. The fourth-order valence-electron chi connectivity index (χ4n) is 1.46. The largest absolute Gasteiger partial charge is 0.494 e. The van der Waals surface area contributed by atoms with Gasteiger partial charge in [0.25, 0.3) is 0 Å². The van der Waals surface area contributed by atoms with Crippen molar-refractivity contribution < 1.29 is 14.1 Å². The first-order valence-corrected chi connectivity index (χ1v) is 7.36. The zero-order chi connectivity index (χ0) is 12.5. The van der Waals surface area contributed by atoms with Gasteiger partial charge in [-0.15, -0.1) is 0 Å². The van der Waals surface area contributed by atoms with E-state index in [2.05, 4.69) is 0 Å². The molecule has 0 bridgehead atoms. The van der Waals surface area contributed by atoms with E-state index in [0.29, 0.717) is 18.1 Å². The first-order chi connectivity index (χ1) is 8.22. The Labute approximate surface area is 105 Å². The second kappa shape index (κ2) is 8.25. The molecule has 0 saturated heterocycles. The molecular formula is C13H20O3S. The highest BCUT2D eigenvalue weighted by atomic mass is 32.2. The molecule has 0 fully saturated rings. The number of rotatable bonds is 8. The molecule has 0 spiro atoms. The van der Waals surface area contributed by atoms with Crippen molar-refractivity contribution in [3.05, 3.63) is 29.8 Å². The van der Waals surface area contributed by atoms with E-state index in [4.69, 9.17) is 9.84 Å². The molecule has 0 heterocycles. The minimum Gasteiger partial charge on any atom is -0.494 e. The van der Waals surface area contributed by atoms with Crippen LogP contribution in [0.25, 0.3) is 0 Å². The van der Waals surface area contributed by atoms with Gasteiger partial charge in [-0.3, -0.25) is 4.21 Å². The van der Waals surface area contributed by atoms with Crippen LogP contribution in [0.1, 0.15) is 18.4 Å². The Morgan fingerprint density at radius 2 is 2.12 bits per heavy atom. The Balaban J connectivity index is 2.10. The van der Waals surface area contributed by atoms with E-state index in [9.17, 15) is 4.21 Å². The van der Waals surface area contributed by atoms with Crippen LogP contribution in [0.4, 0.5) is 0 Å². The summed E-state index contributed by atoms with van der Waals surface area (Å²) in [6.07, 6.45) is 1.77. The smallest absolute Gasteiger partial charge is 0.119 e. The zero-order valence-electron chi connectivity index (χ0n) is 10.2. The molecule has 1 N–H and O–H groups in total. The minimum absolute atomic E-state index is 0.00635. The molecule has 0 saturated carbocycles. The number of benzene rings is 1. The lowest BCUT2D eigenvalue weighted by molar-refractivity contribution is 0.309. The average Bonchev–Trinajstić information content (AvgIpc) is 2.29. The van der Waals surface area contributed by atoms with Crippen molar-refractivity contribution in [2.75, 3.05) is 24.7 Å². The van der Waals surface area contributed by atoms with Crippen molar-refractivity contribution in [2.24, 2.45) is 0 Å². The van der Waals surface area contributed by atoms with E-state index < -0.39 is 10.8 Å². The first kappa shape index (κ1) is 14.2. The quantitative estimate of drug-likeness (QED) is 0.723. The van der Waals surface area contributed by atoms with Gasteiger partial charge in [-0.1, -0.05) is 12.1 Å². The summed E-state index contributed by atoms with van der Waals surface area (Å²) in [5.74, 6) is 1.93. The maximum Gasteiger partial charge on any atom is 0.119 e. The third-order valence-electron chi connectivity index (χ3n) is 2.34. The van der Waals surface area contributed by atoms with Gasteiger partial charge in [0.15, 0.2) is 0 Å². The van der Waals surface area contributed by atoms with Crippen LogP contribution in [-0.4, -0.2) is 34.0 Å². The number of ether oxygens (including phenoxy) is 1. The van der Waals surface area contributed by atoms with Gasteiger partial charge in [-0.25, -0.2) is 0 Å². The minimum atomic E-state index is -0.877. The molecule has 4 heteroatoms. The van der Waals surface area contributed by atoms with Gasteiger partial charge in [0.2, 0.25) is 0 Å². The summed E-state index contributed by atoms with van der Waals surface area (Å²) >= 11 is 0. The van der Waals surface area contributed by atoms with Crippen LogP contribution in [0, 0.1) is 6.92 Å². The van der Waals surface area contributed by atoms with Crippen molar-refractivity contribution in [3.8, 4) is 5.75 Å². The van der Waals surface area contributed by atoms with Gasteiger partial charge < -0.3 is 9.84 Å². The van der Waals surface area contributed by atoms with Gasteiger partial charge in [0, 0.05) is 22.3 Å². The average molecular weight is 256 g/mol. The van der Waals surface area contributed by atoms with Crippen LogP contribution in [0.2, 0.25) is 0 Å². The Hall–Kier alpha value is -0.870. The topological polar surface area (TPSA) is 46.5 Å². The highest BCUT2D eigenvalue weighted by Gasteiger charge is 1.99. The highest BCUT2D eigenvalue weighted by molar-refractivity contribution is 7.84. The van der Waals surface area contributed by atoms with Crippen LogP contribution in [0.3, 0.4) is 0 Å². The summed E-state index contributed by atoms with van der Waals surface area (Å²) in [5, 5.41) is 8.60. The van der Waals surface area contributed by atoms with Crippen molar-refractivity contribution in [1.29, 1.82) is 0 Å². The lowest BCUT2D eigenvalue weighted by Gasteiger charge is -2.06. The predicted octanol–water partition coefficient (Wildman–Crippen LogP) is 1.90. The molecule has 1 rings (SSSR count). The number of aliphatic hydroxyl groups is 1. The lowest BCUT2D eigenvalue weighted by atomic mass is 10.2. The third kappa shape index (κ3) is 6.44. The fourth-order valence-corrected chi connectivity index (χ4v) is 2.40. The molecule has 17 heavy (non-hydrogen) atoms. The maximum absolute atomic E-state index is 11.2. The normalized spacial score (nSPS) is 12.4. The summed E-state index contributed by atoms with van der Waals surface area (Å²) in [6.45, 7) is 2.69. The van der Waals surface area contributed by atoms with E-state index in [1.807, 2.05) is 31.2 Å². The molecule has 1 atom stereocenters. The summed E-state index contributed by atoms with van der Waals surface area (Å²) in [6, 6.07) is 7.95. The maximum atomic E-state index is 11.2. The summed E-state index contributed by atoms with van der Waals surface area (Å²) < 4.78 is 16.8. The Kier molecular flexibility index (Phi) is 6.89. The monoisotopic (exact) mass is 256 g/mol. The zero-order valence-corrected chi connectivity index (χ0v) is 11.0. The number of unbranched alkanes of at least 4 members (excludes halogenated alkanes) is 1. The second-order valence-corrected chi connectivity index (χ2v) is 5.64. The molecular weight excluding hydrogens is 236 g/mol. The SMILES string of the molecule is Cc1cccc(OCCCCS(=O)CCO)c1. The predicted molar refractivity (Wildman–Crippen MR) is 70.9 cm³/mol. The molecule has 0 amide bonds. The van der Waals surface area contributed by atoms with Crippen molar-refractivity contribution in [1.82, 2.24) is 0 Å². The third-order valence-corrected chi connectivity index (χ3v) is 3.73. The van der Waals surface area contributed by atoms with E-state index in [-0.39, 0.29) is 6.61 Å². The van der Waals surface area contributed by atoms with Crippen LogP contribution < -0.4 is 4.74 Å². The molecule has 0 radical (unpaired) electrons. The Bertz CT molecular complexity index is 352. The summed E-state index contributed by atoms with van der Waals surface area (Å²) in [7, 11) is -0.877. The van der Waals surface area contributed by atoms with Gasteiger partial charge in [0.05, 0.1) is 13.2 Å². The van der Waals surface area contributed by atoms with Gasteiger partial charge in [0.1, 0.15) is 5.75 Å². The van der Waals surface area contributed by atoms with E-state index in [0.717, 1.165) is 18.6 Å². The summed E-state index contributed by atoms with van der Waals surface area (Å²) in [4.78, 5) is 0. The molecule has 0 aromatic heterocycles. The van der Waals surface area contributed by atoms with Crippen molar-refractivity contribution >= 4 is 10.8 Å². The molecule has 0 aliphatic carbocycles. The second-order valence-electron chi connectivity index (χ2n) is 3.94.